The normalized spacial score (nSPS) is 13.4. The van der Waals surface area contributed by atoms with Gasteiger partial charge in [0.2, 0.25) is 5.91 Å². The summed E-state index contributed by atoms with van der Waals surface area (Å²) in [5, 5.41) is 9.22. The molecule has 0 aliphatic carbocycles. The average molecular weight is 434 g/mol. The fraction of sp³-hybridized carbons (Fsp3) is 0.320. The number of hydrogen-bond donors (Lipinski definition) is 1. The average Bonchev–Trinajstić information content (AvgIpc) is 3.17. The molecular formula is C25H27N3O2S. The lowest BCUT2D eigenvalue weighted by molar-refractivity contribution is -0.125. The van der Waals surface area contributed by atoms with Gasteiger partial charge in [-0.05, 0) is 44.7 Å². The molecule has 0 spiro atoms. The van der Waals surface area contributed by atoms with E-state index in [1.54, 1.807) is 11.3 Å². The van der Waals surface area contributed by atoms with Crippen LogP contribution in [-0.2, 0) is 11.2 Å². The Labute approximate surface area is 185 Å². The molecule has 4 aromatic rings. The lowest BCUT2D eigenvalue weighted by Gasteiger charge is -2.21. The molecule has 5 nitrogen and oxygen atoms in total. The maximum absolute atomic E-state index is 13.4. The van der Waals surface area contributed by atoms with Crippen LogP contribution >= 0.6 is 11.3 Å². The van der Waals surface area contributed by atoms with Gasteiger partial charge in [0, 0.05) is 16.1 Å². The van der Waals surface area contributed by atoms with E-state index in [2.05, 4.69) is 22.5 Å². The Morgan fingerprint density at radius 2 is 1.84 bits per heavy atom. The number of hydrogen-bond acceptors (Lipinski definition) is 4. The molecule has 0 aliphatic rings. The first-order valence-electron chi connectivity index (χ1n) is 10.7. The Bertz CT molecular complexity index is 1280. The summed E-state index contributed by atoms with van der Waals surface area (Å²) in [6.07, 6.45) is 2.22. The van der Waals surface area contributed by atoms with Crippen LogP contribution in [0.4, 0.5) is 0 Å². The van der Waals surface area contributed by atoms with Gasteiger partial charge < -0.3 is 5.32 Å². The van der Waals surface area contributed by atoms with E-state index in [1.165, 1.54) is 10.2 Å². The van der Waals surface area contributed by atoms with Crippen LogP contribution < -0.4 is 10.9 Å². The number of nitrogens with zero attached hydrogens (tertiary/aromatic N) is 2. The van der Waals surface area contributed by atoms with Crippen LogP contribution in [0.5, 0.6) is 0 Å². The van der Waals surface area contributed by atoms with Gasteiger partial charge in [-0.25, -0.2) is 4.68 Å². The number of thiophene rings is 1. The second-order valence-electron chi connectivity index (χ2n) is 8.00. The fourth-order valence-electron chi connectivity index (χ4n) is 4.00. The molecule has 2 aromatic carbocycles. The third kappa shape index (κ3) is 4.26. The SMILES string of the molecule is CC[C@H](C(=O)N[C@@H](C)CCc1ccccc1)n1nc(C)c2sc3ccccc3c2c1=O. The minimum atomic E-state index is -0.631. The molecule has 1 amide bonds. The van der Waals surface area contributed by atoms with Crippen LogP contribution in [0.25, 0.3) is 20.2 Å². The van der Waals surface area contributed by atoms with E-state index >= 15 is 0 Å². The maximum atomic E-state index is 13.4. The number of benzene rings is 2. The summed E-state index contributed by atoms with van der Waals surface area (Å²) in [6.45, 7) is 5.82. The number of aryl methyl sites for hydroxylation is 2. The van der Waals surface area contributed by atoms with Gasteiger partial charge in [0.1, 0.15) is 6.04 Å². The Kier molecular flexibility index (Phi) is 6.18. The number of rotatable bonds is 7. The minimum Gasteiger partial charge on any atom is -0.352 e. The number of amides is 1. The van der Waals surface area contributed by atoms with Crippen molar-refractivity contribution in [1.82, 2.24) is 15.1 Å². The van der Waals surface area contributed by atoms with Crippen LogP contribution in [-0.4, -0.2) is 21.7 Å². The number of carbonyl (C=O) groups is 1. The molecule has 1 N–H and O–H groups in total. The van der Waals surface area contributed by atoms with Gasteiger partial charge in [-0.15, -0.1) is 11.3 Å². The third-order valence-corrected chi connectivity index (χ3v) is 6.97. The van der Waals surface area contributed by atoms with Crippen LogP contribution in [0.2, 0.25) is 0 Å². The molecule has 2 atom stereocenters. The van der Waals surface area contributed by atoms with Crippen LogP contribution in [0.3, 0.4) is 0 Å². The molecule has 2 aromatic heterocycles. The van der Waals surface area contributed by atoms with Crippen molar-refractivity contribution in [2.75, 3.05) is 0 Å². The number of carbonyl (C=O) groups excluding carboxylic acids is 1. The maximum Gasteiger partial charge on any atom is 0.276 e. The van der Waals surface area contributed by atoms with E-state index < -0.39 is 6.04 Å². The predicted molar refractivity (Wildman–Crippen MR) is 128 cm³/mol. The molecule has 160 valence electrons. The molecule has 4 rings (SSSR count). The highest BCUT2D eigenvalue weighted by atomic mass is 32.1. The van der Waals surface area contributed by atoms with Gasteiger partial charge in [-0.3, -0.25) is 9.59 Å². The topological polar surface area (TPSA) is 64.0 Å². The van der Waals surface area contributed by atoms with E-state index in [9.17, 15) is 9.59 Å². The Hall–Kier alpha value is -2.99. The van der Waals surface area contributed by atoms with Gasteiger partial charge in [-0.2, -0.15) is 5.10 Å². The molecular weight excluding hydrogens is 406 g/mol. The fourth-order valence-corrected chi connectivity index (χ4v) is 5.13. The highest BCUT2D eigenvalue weighted by molar-refractivity contribution is 7.26. The Morgan fingerprint density at radius 1 is 1.13 bits per heavy atom. The standard InChI is InChI=1S/C25H27N3O2S/c1-4-20(24(29)26-16(2)14-15-18-10-6-5-7-11-18)28-25(30)22-19-12-8-9-13-21(19)31-23(22)17(3)27-28/h5-13,16,20H,4,14-15H2,1-3H3,(H,26,29)/t16-,20+/m0/s1. The first kappa shape index (κ1) is 21.2. The van der Waals surface area contributed by atoms with Gasteiger partial charge in [-0.1, -0.05) is 55.5 Å². The molecule has 31 heavy (non-hydrogen) atoms. The highest BCUT2D eigenvalue weighted by Crippen LogP contribution is 2.33. The van der Waals surface area contributed by atoms with Crippen LogP contribution in [0.1, 0.15) is 44.0 Å². The molecule has 0 aliphatic heterocycles. The molecule has 2 heterocycles. The molecule has 0 unspecified atom stereocenters. The zero-order chi connectivity index (χ0) is 22.0. The molecule has 0 fully saturated rings. The van der Waals surface area contributed by atoms with E-state index in [-0.39, 0.29) is 17.5 Å². The third-order valence-electron chi connectivity index (χ3n) is 5.69. The first-order chi connectivity index (χ1) is 15.0. The Balaban J connectivity index is 1.59. The monoisotopic (exact) mass is 433 g/mol. The molecule has 0 saturated carbocycles. The highest BCUT2D eigenvalue weighted by Gasteiger charge is 2.25. The van der Waals surface area contributed by atoms with E-state index in [0.29, 0.717) is 11.8 Å². The van der Waals surface area contributed by atoms with Crippen molar-refractivity contribution >= 4 is 37.4 Å². The van der Waals surface area contributed by atoms with Crippen molar-refractivity contribution in [3.8, 4) is 0 Å². The largest absolute Gasteiger partial charge is 0.352 e. The minimum absolute atomic E-state index is 0.00395. The lowest BCUT2D eigenvalue weighted by Crippen LogP contribution is -2.42. The second kappa shape index (κ2) is 9.02. The Morgan fingerprint density at radius 3 is 2.58 bits per heavy atom. The van der Waals surface area contributed by atoms with Gasteiger partial charge >= 0.3 is 0 Å². The second-order valence-corrected chi connectivity index (χ2v) is 9.05. The molecule has 0 bridgehead atoms. The van der Waals surface area contributed by atoms with Crippen molar-refractivity contribution < 1.29 is 4.79 Å². The molecule has 6 heteroatoms. The summed E-state index contributed by atoms with van der Waals surface area (Å²) in [4.78, 5) is 26.5. The molecule has 0 radical (unpaired) electrons. The number of fused-ring (bicyclic) bond motifs is 3. The summed E-state index contributed by atoms with van der Waals surface area (Å²) in [7, 11) is 0. The van der Waals surface area contributed by atoms with Gasteiger partial charge in [0.05, 0.1) is 15.8 Å². The van der Waals surface area contributed by atoms with Crippen molar-refractivity contribution in [2.24, 2.45) is 0 Å². The summed E-state index contributed by atoms with van der Waals surface area (Å²) in [5.41, 5.74) is 1.83. The van der Waals surface area contributed by atoms with E-state index in [0.717, 1.165) is 33.3 Å². The van der Waals surface area contributed by atoms with Crippen molar-refractivity contribution in [2.45, 2.75) is 52.1 Å². The number of aromatic nitrogens is 2. The lowest BCUT2D eigenvalue weighted by atomic mass is 10.1. The quantitative estimate of drug-likeness (QED) is 0.446. The van der Waals surface area contributed by atoms with Crippen LogP contribution in [0, 0.1) is 6.92 Å². The first-order valence-corrected chi connectivity index (χ1v) is 11.6. The summed E-state index contributed by atoms with van der Waals surface area (Å²) < 4.78 is 3.34. The zero-order valence-electron chi connectivity index (χ0n) is 18.1. The summed E-state index contributed by atoms with van der Waals surface area (Å²) >= 11 is 1.58. The predicted octanol–water partition coefficient (Wildman–Crippen LogP) is 5.01. The smallest absolute Gasteiger partial charge is 0.276 e. The van der Waals surface area contributed by atoms with Crippen molar-refractivity contribution in [1.29, 1.82) is 0 Å². The van der Waals surface area contributed by atoms with E-state index in [1.807, 2.05) is 63.2 Å². The summed E-state index contributed by atoms with van der Waals surface area (Å²) in [6, 6.07) is 17.5. The number of nitrogens with one attached hydrogen (secondary N) is 1. The van der Waals surface area contributed by atoms with Crippen molar-refractivity contribution in [3.63, 3.8) is 0 Å². The zero-order valence-corrected chi connectivity index (χ0v) is 18.9. The van der Waals surface area contributed by atoms with Crippen LogP contribution in [0.15, 0.2) is 59.4 Å². The van der Waals surface area contributed by atoms with Crippen molar-refractivity contribution in [3.05, 3.63) is 76.2 Å². The van der Waals surface area contributed by atoms with E-state index in [4.69, 9.17) is 0 Å². The van der Waals surface area contributed by atoms with Gasteiger partial charge in [0.15, 0.2) is 0 Å². The summed E-state index contributed by atoms with van der Waals surface area (Å²) in [5.74, 6) is -0.157. The van der Waals surface area contributed by atoms with Gasteiger partial charge in [0.25, 0.3) is 5.56 Å². The molecule has 0 saturated heterocycles.